The van der Waals surface area contributed by atoms with Crippen molar-refractivity contribution < 1.29 is 14.1 Å². The Bertz CT molecular complexity index is 445. The molecule has 5 heteroatoms. The number of hydrogen-bond acceptors (Lipinski definition) is 3. The zero-order chi connectivity index (χ0) is 13.0. The molecule has 4 nitrogen and oxygen atoms in total. The zero-order valence-electron chi connectivity index (χ0n) is 10.2. The average molecular weight is 255 g/mol. The quantitative estimate of drug-likeness (QED) is 0.849. The molecule has 2 unspecified atom stereocenters. The number of hydrogen-bond donors (Lipinski definition) is 2. The lowest BCUT2D eigenvalue weighted by Gasteiger charge is -2.13. The van der Waals surface area contributed by atoms with Crippen molar-refractivity contribution in [2.75, 3.05) is 12.0 Å². The van der Waals surface area contributed by atoms with Crippen molar-refractivity contribution in [1.29, 1.82) is 0 Å². The van der Waals surface area contributed by atoms with Gasteiger partial charge in [0.05, 0.1) is 5.56 Å². The summed E-state index contributed by atoms with van der Waals surface area (Å²) in [7, 11) is -0.955. The van der Waals surface area contributed by atoms with E-state index in [1.54, 1.807) is 25.3 Å². The van der Waals surface area contributed by atoms with E-state index in [0.717, 1.165) is 5.56 Å². The van der Waals surface area contributed by atoms with Crippen molar-refractivity contribution in [3.05, 3.63) is 29.3 Å². The van der Waals surface area contributed by atoms with Crippen LogP contribution in [0.1, 0.15) is 22.8 Å². The van der Waals surface area contributed by atoms with E-state index < -0.39 is 10.8 Å². The molecule has 2 N–H and O–H groups in total. The highest BCUT2D eigenvalue weighted by molar-refractivity contribution is 7.84. The molecule has 0 aliphatic carbocycles. The number of phenols is 1. The van der Waals surface area contributed by atoms with Crippen LogP contribution in [0, 0.1) is 6.92 Å². The van der Waals surface area contributed by atoms with Crippen LogP contribution in [0.2, 0.25) is 0 Å². The summed E-state index contributed by atoms with van der Waals surface area (Å²) in [6, 6.07) is 4.66. The molecule has 0 aliphatic rings. The van der Waals surface area contributed by atoms with Crippen LogP contribution >= 0.6 is 0 Å². The van der Waals surface area contributed by atoms with E-state index in [1.165, 1.54) is 6.07 Å². The maximum atomic E-state index is 11.8. The molecule has 1 amide bonds. The number of benzene rings is 1. The third kappa shape index (κ3) is 4.19. The first-order valence-corrected chi connectivity index (χ1v) is 7.03. The molecule has 1 aromatic rings. The van der Waals surface area contributed by atoms with E-state index in [2.05, 4.69) is 5.32 Å². The number of carbonyl (C=O) groups is 1. The maximum Gasteiger partial charge on any atom is 0.255 e. The molecule has 0 aliphatic heterocycles. The van der Waals surface area contributed by atoms with E-state index in [1.807, 2.05) is 6.92 Å². The van der Waals surface area contributed by atoms with E-state index in [9.17, 15) is 14.1 Å². The van der Waals surface area contributed by atoms with Crippen molar-refractivity contribution in [2.24, 2.45) is 0 Å². The lowest BCUT2D eigenvalue weighted by molar-refractivity contribution is 0.0941. The normalized spacial score (nSPS) is 14.1. The zero-order valence-corrected chi connectivity index (χ0v) is 11.0. The highest BCUT2D eigenvalue weighted by Crippen LogP contribution is 2.17. The SMILES string of the molecule is Cc1ccc(O)c(C(=O)NC(C)CS(C)=O)c1. The Morgan fingerprint density at radius 3 is 2.76 bits per heavy atom. The lowest BCUT2D eigenvalue weighted by atomic mass is 10.1. The first-order chi connectivity index (χ1) is 7.90. The maximum absolute atomic E-state index is 11.8. The second-order valence-electron chi connectivity index (χ2n) is 4.13. The number of aryl methyl sites for hydroxylation is 1. The van der Waals surface area contributed by atoms with Crippen molar-refractivity contribution in [3.8, 4) is 5.75 Å². The number of nitrogens with one attached hydrogen (secondary N) is 1. The molecular formula is C12H17NO3S. The van der Waals surface area contributed by atoms with Crippen LogP contribution in [0.4, 0.5) is 0 Å². The van der Waals surface area contributed by atoms with Crippen molar-refractivity contribution in [1.82, 2.24) is 5.32 Å². The topological polar surface area (TPSA) is 66.4 Å². The van der Waals surface area contributed by atoms with Crippen LogP contribution in [0.15, 0.2) is 18.2 Å². The Morgan fingerprint density at radius 1 is 1.53 bits per heavy atom. The average Bonchev–Trinajstić information content (AvgIpc) is 2.20. The van der Waals surface area contributed by atoms with Crippen LogP contribution in [-0.4, -0.2) is 33.3 Å². The molecule has 0 fully saturated rings. The van der Waals surface area contributed by atoms with Gasteiger partial charge >= 0.3 is 0 Å². The second kappa shape index (κ2) is 5.82. The molecule has 2 atom stereocenters. The van der Waals surface area contributed by atoms with Gasteiger partial charge in [-0.2, -0.15) is 0 Å². The van der Waals surface area contributed by atoms with Crippen LogP contribution < -0.4 is 5.32 Å². The molecule has 1 aromatic carbocycles. The van der Waals surface area contributed by atoms with Gasteiger partial charge in [0, 0.05) is 28.9 Å². The van der Waals surface area contributed by atoms with Crippen LogP contribution in [-0.2, 0) is 10.8 Å². The molecule has 0 saturated carbocycles. The van der Waals surface area contributed by atoms with E-state index in [-0.39, 0.29) is 23.3 Å². The fraction of sp³-hybridized carbons (Fsp3) is 0.417. The summed E-state index contributed by atoms with van der Waals surface area (Å²) in [6.07, 6.45) is 1.59. The summed E-state index contributed by atoms with van der Waals surface area (Å²) in [5, 5.41) is 12.3. The van der Waals surface area contributed by atoms with E-state index in [0.29, 0.717) is 5.75 Å². The number of aromatic hydroxyl groups is 1. The molecule has 0 aromatic heterocycles. The summed E-state index contributed by atoms with van der Waals surface area (Å²) in [5.41, 5.74) is 1.15. The molecular weight excluding hydrogens is 238 g/mol. The third-order valence-electron chi connectivity index (χ3n) is 2.26. The van der Waals surface area contributed by atoms with Gasteiger partial charge in [-0.25, -0.2) is 0 Å². The van der Waals surface area contributed by atoms with E-state index in [4.69, 9.17) is 0 Å². The lowest BCUT2D eigenvalue weighted by Crippen LogP contribution is -2.36. The minimum atomic E-state index is -0.955. The fourth-order valence-corrected chi connectivity index (χ4v) is 2.31. The third-order valence-corrected chi connectivity index (χ3v) is 3.23. The van der Waals surface area contributed by atoms with Gasteiger partial charge in [0.1, 0.15) is 5.75 Å². The summed E-state index contributed by atoms with van der Waals surface area (Å²) in [4.78, 5) is 11.8. The summed E-state index contributed by atoms with van der Waals surface area (Å²) in [5.74, 6) is 0.0141. The van der Waals surface area contributed by atoms with Crippen LogP contribution in [0.3, 0.4) is 0 Å². The predicted molar refractivity (Wildman–Crippen MR) is 68.7 cm³/mol. The van der Waals surface area contributed by atoms with Crippen molar-refractivity contribution >= 4 is 16.7 Å². The van der Waals surface area contributed by atoms with Crippen LogP contribution in [0.5, 0.6) is 5.75 Å². The summed E-state index contributed by atoms with van der Waals surface area (Å²) in [6.45, 7) is 3.63. The van der Waals surface area contributed by atoms with Crippen molar-refractivity contribution in [2.45, 2.75) is 19.9 Å². The Hall–Kier alpha value is -1.36. The predicted octanol–water partition coefficient (Wildman–Crippen LogP) is 1.20. The highest BCUT2D eigenvalue weighted by atomic mass is 32.2. The molecule has 1 rings (SSSR count). The summed E-state index contributed by atoms with van der Waals surface area (Å²) >= 11 is 0. The Morgan fingerprint density at radius 2 is 2.18 bits per heavy atom. The van der Waals surface area contributed by atoms with Gasteiger partial charge in [0.25, 0.3) is 5.91 Å². The van der Waals surface area contributed by atoms with Crippen LogP contribution in [0.25, 0.3) is 0 Å². The van der Waals surface area contributed by atoms with Gasteiger partial charge < -0.3 is 10.4 Å². The highest BCUT2D eigenvalue weighted by Gasteiger charge is 2.14. The smallest absolute Gasteiger partial charge is 0.255 e. The first kappa shape index (κ1) is 13.7. The molecule has 0 bridgehead atoms. The Labute approximate surface area is 104 Å². The largest absolute Gasteiger partial charge is 0.507 e. The minimum Gasteiger partial charge on any atom is -0.507 e. The molecule has 0 spiro atoms. The van der Waals surface area contributed by atoms with E-state index >= 15 is 0 Å². The van der Waals surface area contributed by atoms with Gasteiger partial charge in [-0.1, -0.05) is 11.6 Å². The molecule has 0 heterocycles. The molecule has 0 saturated heterocycles. The van der Waals surface area contributed by atoms with Gasteiger partial charge in [-0.15, -0.1) is 0 Å². The Balaban J connectivity index is 2.76. The Kier molecular flexibility index (Phi) is 4.69. The number of rotatable bonds is 4. The monoisotopic (exact) mass is 255 g/mol. The molecule has 17 heavy (non-hydrogen) atoms. The fourth-order valence-electron chi connectivity index (χ4n) is 1.53. The minimum absolute atomic E-state index is 0.0436. The van der Waals surface area contributed by atoms with Gasteiger partial charge in [0.15, 0.2) is 0 Å². The second-order valence-corrected chi connectivity index (χ2v) is 5.61. The number of carbonyl (C=O) groups excluding carboxylic acids is 1. The number of amides is 1. The standard InChI is InChI=1S/C12H17NO3S/c1-8-4-5-11(14)10(6-8)12(15)13-9(2)7-17(3)16/h4-6,9,14H,7H2,1-3H3,(H,13,15). The van der Waals surface area contributed by atoms with Crippen molar-refractivity contribution in [3.63, 3.8) is 0 Å². The first-order valence-electron chi connectivity index (χ1n) is 5.30. The molecule has 0 radical (unpaired) electrons. The summed E-state index contributed by atoms with van der Waals surface area (Å²) < 4.78 is 11.0. The molecule has 94 valence electrons. The van der Waals surface area contributed by atoms with Gasteiger partial charge in [-0.3, -0.25) is 9.00 Å². The van der Waals surface area contributed by atoms with Gasteiger partial charge in [0.2, 0.25) is 0 Å². The van der Waals surface area contributed by atoms with Gasteiger partial charge in [-0.05, 0) is 26.0 Å². The number of phenolic OH excluding ortho intramolecular Hbond substituents is 1.